The van der Waals surface area contributed by atoms with Gasteiger partial charge in [-0.15, -0.1) is 0 Å². The Morgan fingerprint density at radius 1 is 1.62 bits per heavy atom. The molecule has 1 aliphatic heterocycles. The van der Waals surface area contributed by atoms with Gasteiger partial charge >= 0.3 is 0 Å². The van der Waals surface area contributed by atoms with Crippen molar-refractivity contribution in [2.75, 3.05) is 19.8 Å². The Morgan fingerprint density at radius 3 is 3.31 bits per heavy atom. The van der Waals surface area contributed by atoms with Crippen LogP contribution in [0.25, 0.3) is 0 Å². The summed E-state index contributed by atoms with van der Waals surface area (Å²) in [5, 5.41) is 6.98. The fourth-order valence-corrected chi connectivity index (χ4v) is 1.48. The van der Waals surface area contributed by atoms with Gasteiger partial charge in [-0.25, -0.2) is 0 Å². The van der Waals surface area contributed by atoms with Gasteiger partial charge in [0.15, 0.2) is 0 Å². The van der Waals surface area contributed by atoms with Crippen molar-refractivity contribution < 1.29 is 9.26 Å². The summed E-state index contributed by atoms with van der Waals surface area (Å²) in [6.45, 7) is 3.67. The summed E-state index contributed by atoms with van der Waals surface area (Å²) in [7, 11) is 0. The molecule has 0 aliphatic carbocycles. The van der Waals surface area contributed by atoms with E-state index in [4.69, 9.17) is 9.26 Å². The smallest absolute Gasteiger partial charge is 0.128 e. The standard InChI is InChI=1S/C9H14N2O2/c1-2-12-6-8(1)3-10-4-9-5-11-13-7-9/h5,7-8,10H,1-4,6H2. The first-order valence-corrected chi connectivity index (χ1v) is 4.62. The number of aromatic nitrogens is 1. The lowest BCUT2D eigenvalue weighted by Crippen LogP contribution is -2.22. The van der Waals surface area contributed by atoms with Crippen LogP contribution >= 0.6 is 0 Å². The lowest BCUT2D eigenvalue weighted by molar-refractivity contribution is 0.185. The highest BCUT2D eigenvalue weighted by molar-refractivity contribution is 4.99. The molecule has 1 fully saturated rings. The van der Waals surface area contributed by atoms with Gasteiger partial charge in [0.25, 0.3) is 0 Å². The number of rotatable bonds is 4. The van der Waals surface area contributed by atoms with Gasteiger partial charge in [-0.2, -0.15) is 0 Å². The molecule has 4 heteroatoms. The lowest BCUT2D eigenvalue weighted by atomic mass is 10.1. The van der Waals surface area contributed by atoms with Crippen molar-refractivity contribution in [2.24, 2.45) is 5.92 Å². The summed E-state index contributed by atoms with van der Waals surface area (Å²) in [6.07, 6.45) is 4.58. The molecule has 0 spiro atoms. The Morgan fingerprint density at radius 2 is 2.62 bits per heavy atom. The van der Waals surface area contributed by atoms with Crippen LogP contribution in [0.5, 0.6) is 0 Å². The second-order valence-electron chi connectivity index (χ2n) is 3.39. The molecule has 0 aromatic carbocycles. The third-order valence-electron chi connectivity index (χ3n) is 2.27. The third-order valence-corrected chi connectivity index (χ3v) is 2.27. The predicted molar refractivity (Wildman–Crippen MR) is 47.1 cm³/mol. The van der Waals surface area contributed by atoms with Crippen molar-refractivity contribution in [1.82, 2.24) is 10.5 Å². The summed E-state index contributed by atoms with van der Waals surface area (Å²) in [5.74, 6) is 0.680. The number of nitrogens with zero attached hydrogens (tertiary/aromatic N) is 1. The zero-order valence-electron chi connectivity index (χ0n) is 7.53. The maximum absolute atomic E-state index is 5.27. The minimum absolute atomic E-state index is 0.680. The van der Waals surface area contributed by atoms with Crippen LogP contribution in [0.3, 0.4) is 0 Å². The molecule has 1 aromatic heterocycles. The highest BCUT2D eigenvalue weighted by atomic mass is 16.5. The molecule has 1 aliphatic rings. The number of nitrogens with one attached hydrogen (secondary N) is 1. The monoisotopic (exact) mass is 182 g/mol. The minimum atomic E-state index is 0.680. The van der Waals surface area contributed by atoms with Crippen LogP contribution in [0.1, 0.15) is 12.0 Å². The van der Waals surface area contributed by atoms with E-state index >= 15 is 0 Å². The highest BCUT2D eigenvalue weighted by Gasteiger charge is 2.14. The van der Waals surface area contributed by atoms with Crippen LogP contribution in [0.15, 0.2) is 17.0 Å². The maximum atomic E-state index is 5.27. The highest BCUT2D eigenvalue weighted by Crippen LogP contribution is 2.10. The third kappa shape index (κ3) is 2.54. The van der Waals surface area contributed by atoms with Gasteiger partial charge in [0.1, 0.15) is 6.26 Å². The van der Waals surface area contributed by atoms with E-state index in [-0.39, 0.29) is 0 Å². The quantitative estimate of drug-likeness (QED) is 0.748. The molecule has 13 heavy (non-hydrogen) atoms. The first-order valence-electron chi connectivity index (χ1n) is 4.62. The van der Waals surface area contributed by atoms with Crippen molar-refractivity contribution in [3.05, 3.63) is 18.0 Å². The van der Waals surface area contributed by atoms with E-state index in [1.54, 1.807) is 12.5 Å². The summed E-state index contributed by atoms with van der Waals surface area (Å²) >= 11 is 0. The van der Waals surface area contributed by atoms with Gasteiger partial charge in [0.05, 0.1) is 12.8 Å². The number of ether oxygens (including phenoxy) is 1. The molecule has 2 heterocycles. The van der Waals surface area contributed by atoms with Crippen LogP contribution in [0, 0.1) is 5.92 Å². The van der Waals surface area contributed by atoms with Gasteiger partial charge < -0.3 is 14.6 Å². The second kappa shape index (κ2) is 4.39. The molecule has 0 saturated carbocycles. The van der Waals surface area contributed by atoms with Crippen molar-refractivity contribution in [3.63, 3.8) is 0 Å². The largest absolute Gasteiger partial charge is 0.381 e. The Kier molecular flexibility index (Phi) is 2.94. The van der Waals surface area contributed by atoms with Gasteiger partial charge in [0.2, 0.25) is 0 Å². The molecule has 72 valence electrons. The fourth-order valence-electron chi connectivity index (χ4n) is 1.48. The molecule has 1 atom stereocenters. The zero-order valence-corrected chi connectivity index (χ0v) is 7.53. The van der Waals surface area contributed by atoms with E-state index in [0.717, 1.165) is 31.9 Å². The maximum Gasteiger partial charge on any atom is 0.128 e. The molecule has 4 nitrogen and oxygen atoms in total. The van der Waals surface area contributed by atoms with E-state index in [9.17, 15) is 0 Å². The van der Waals surface area contributed by atoms with Gasteiger partial charge in [-0.05, 0) is 12.3 Å². The fraction of sp³-hybridized carbons (Fsp3) is 0.667. The Bertz CT molecular complexity index is 230. The summed E-state index contributed by atoms with van der Waals surface area (Å²) in [5.41, 5.74) is 1.10. The lowest BCUT2D eigenvalue weighted by Gasteiger charge is -2.07. The van der Waals surface area contributed by atoms with E-state index in [1.165, 1.54) is 6.42 Å². The second-order valence-corrected chi connectivity index (χ2v) is 3.39. The van der Waals surface area contributed by atoms with E-state index in [2.05, 4.69) is 10.5 Å². The molecule has 1 aromatic rings. The molecule has 0 radical (unpaired) electrons. The SMILES string of the molecule is c1nocc1CNCC1CCOC1. The van der Waals surface area contributed by atoms with Crippen LogP contribution in [-0.2, 0) is 11.3 Å². The van der Waals surface area contributed by atoms with Gasteiger partial charge in [-0.1, -0.05) is 5.16 Å². The first kappa shape index (κ1) is 8.72. The predicted octanol–water partition coefficient (Wildman–Crippen LogP) is 0.801. The molecule has 1 saturated heterocycles. The molecular weight excluding hydrogens is 168 g/mol. The zero-order chi connectivity index (χ0) is 8.93. The van der Waals surface area contributed by atoms with Crippen molar-refractivity contribution in [3.8, 4) is 0 Å². The van der Waals surface area contributed by atoms with Crippen LogP contribution in [0.2, 0.25) is 0 Å². The van der Waals surface area contributed by atoms with E-state index < -0.39 is 0 Å². The Hall–Kier alpha value is -0.870. The van der Waals surface area contributed by atoms with Gasteiger partial charge in [0, 0.05) is 25.3 Å². The van der Waals surface area contributed by atoms with Crippen LogP contribution in [-0.4, -0.2) is 24.9 Å². The van der Waals surface area contributed by atoms with Crippen LogP contribution < -0.4 is 5.32 Å². The van der Waals surface area contributed by atoms with E-state index in [1.807, 2.05) is 0 Å². The number of hydrogen-bond acceptors (Lipinski definition) is 4. The summed E-state index contributed by atoms with van der Waals surface area (Å²) in [6, 6.07) is 0. The molecule has 1 N–H and O–H groups in total. The summed E-state index contributed by atoms with van der Waals surface area (Å²) in [4.78, 5) is 0. The molecule has 0 bridgehead atoms. The van der Waals surface area contributed by atoms with Crippen molar-refractivity contribution >= 4 is 0 Å². The normalized spacial score (nSPS) is 22.3. The van der Waals surface area contributed by atoms with E-state index in [0.29, 0.717) is 5.92 Å². The van der Waals surface area contributed by atoms with Crippen molar-refractivity contribution in [1.29, 1.82) is 0 Å². The van der Waals surface area contributed by atoms with Crippen molar-refractivity contribution in [2.45, 2.75) is 13.0 Å². The average molecular weight is 182 g/mol. The average Bonchev–Trinajstić information content (AvgIpc) is 2.75. The molecule has 1 unspecified atom stereocenters. The Balaban J connectivity index is 1.63. The Labute approximate surface area is 77.2 Å². The van der Waals surface area contributed by atoms with Gasteiger partial charge in [-0.3, -0.25) is 0 Å². The first-order chi connectivity index (χ1) is 6.45. The molecule has 2 rings (SSSR count). The van der Waals surface area contributed by atoms with Crippen LogP contribution in [0.4, 0.5) is 0 Å². The molecular formula is C9H14N2O2. The topological polar surface area (TPSA) is 47.3 Å². The minimum Gasteiger partial charge on any atom is -0.381 e. The summed E-state index contributed by atoms with van der Waals surface area (Å²) < 4.78 is 10.00. The molecule has 0 amide bonds. The number of hydrogen-bond donors (Lipinski definition) is 1.